The van der Waals surface area contributed by atoms with Crippen LogP contribution in [0.2, 0.25) is 5.02 Å². The van der Waals surface area contributed by atoms with Crippen molar-refractivity contribution in [3.8, 4) is 11.5 Å². The Bertz CT molecular complexity index is 2100. The van der Waals surface area contributed by atoms with Crippen LogP contribution in [0.1, 0.15) is 48.8 Å². The summed E-state index contributed by atoms with van der Waals surface area (Å²) in [6.07, 6.45) is -1.27. The number of ether oxygens (including phenoxy) is 2. The van der Waals surface area contributed by atoms with E-state index in [0.717, 1.165) is 22.7 Å². The third kappa shape index (κ3) is 9.49. The van der Waals surface area contributed by atoms with Crippen molar-refractivity contribution in [3.63, 3.8) is 0 Å². The highest BCUT2D eigenvalue weighted by Gasteiger charge is 2.34. The molecule has 0 radical (unpaired) electrons. The summed E-state index contributed by atoms with van der Waals surface area (Å²) in [5, 5.41) is 8.59. The van der Waals surface area contributed by atoms with Gasteiger partial charge in [-0.3, -0.25) is 14.4 Å². The SMILES string of the molecule is C=NN(CC(=O)Nc1ccc(C(F)(F)F)cc1Cl)C(=O)/C(=C(/CC)NN(C)Cc1ccc2c(c1)OCO2)N1CCN(C(=O)c2nccc3[nH]cnc23)CC1.CC. The Labute approximate surface area is 326 Å². The van der Waals surface area contributed by atoms with Crippen LogP contribution in [0.3, 0.4) is 0 Å². The average Bonchev–Trinajstić information content (AvgIpc) is 3.87. The van der Waals surface area contributed by atoms with Crippen molar-refractivity contribution in [1.29, 1.82) is 0 Å². The van der Waals surface area contributed by atoms with Crippen LogP contribution in [0.4, 0.5) is 18.9 Å². The molecule has 2 aliphatic heterocycles. The summed E-state index contributed by atoms with van der Waals surface area (Å²) in [4.78, 5) is 56.0. The molecule has 2 aromatic carbocycles. The van der Waals surface area contributed by atoms with Crippen LogP contribution in [0, 0.1) is 0 Å². The highest BCUT2D eigenvalue weighted by molar-refractivity contribution is 6.33. The van der Waals surface area contributed by atoms with Crippen molar-refractivity contribution >= 4 is 52.8 Å². The molecule has 15 nitrogen and oxygen atoms in total. The van der Waals surface area contributed by atoms with Gasteiger partial charge in [0.2, 0.25) is 12.7 Å². The molecule has 3 amide bonds. The minimum absolute atomic E-state index is 0.0799. The molecule has 6 rings (SSSR count). The summed E-state index contributed by atoms with van der Waals surface area (Å²) >= 11 is 6.05. The van der Waals surface area contributed by atoms with Crippen LogP contribution in [-0.4, -0.2) is 106 Å². The maximum atomic E-state index is 14.4. The number of aromatic amines is 1. The Balaban J connectivity index is 0.00000295. The fourth-order valence-corrected chi connectivity index (χ4v) is 6.30. The van der Waals surface area contributed by atoms with E-state index in [2.05, 4.69) is 37.5 Å². The van der Waals surface area contributed by atoms with Crippen LogP contribution in [0.25, 0.3) is 11.0 Å². The van der Waals surface area contributed by atoms with Crippen molar-refractivity contribution in [3.05, 3.63) is 88.2 Å². The second-order valence-corrected chi connectivity index (χ2v) is 12.7. The van der Waals surface area contributed by atoms with E-state index in [0.29, 0.717) is 47.3 Å². The Kier molecular flexibility index (Phi) is 13.4. The summed E-state index contributed by atoms with van der Waals surface area (Å²) in [5.74, 6) is -0.500. The zero-order valence-corrected chi connectivity index (χ0v) is 32.0. The number of hydrogen-bond donors (Lipinski definition) is 3. The normalized spacial score (nSPS) is 14.2. The largest absolute Gasteiger partial charge is 0.454 e. The molecule has 2 aliphatic rings. The number of hydrazine groups is 1. The number of rotatable bonds is 12. The lowest BCUT2D eigenvalue weighted by molar-refractivity contribution is -0.137. The van der Waals surface area contributed by atoms with E-state index < -0.39 is 30.1 Å². The number of piperazine rings is 1. The van der Waals surface area contributed by atoms with Gasteiger partial charge in [-0.1, -0.05) is 38.4 Å². The van der Waals surface area contributed by atoms with Gasteiger partial charge in [-0.15, -0.1) is 0 Å². The fourth-order valence-electron chi connectivity index (χ4n) is 6.07. The van der Waals surface area contributed by atoms with E-state index in [1.807, 2.05) is 39.0 Å². The number of hydrazone groups is 1. The number of carbonyl (C=O) groups is 3. The third-order valence-corrected chi connectivity index (χ3v) is 9.03. The lowest BCUT2D eigenvalue weighted by atomic mass is 10.1. The number of anilines is 1. The molecule has 3 N–H and O–H groups in total. The zero-order valence-electron chi connectivity index (χ0n) is 31.2. The molecule has 4 heterocycles. The van der Waals surface area contributed by atoms with E-state index in [4.69, 9.17) is 21.1 Å². The first-order valence-corrected chi connectivity index (χ1v) is 18.1. The third-order valence-electron chi connectivity index (χ3n) is 8.72. The number of allylic oxidation sites excluding steroid dienone is 1. The molecular weight excluding hydrogens is 757 g/mol. The number of amides is 3. The van der Waals surface area contributed by atoms with E-state index in [-0.39, 0.29) is 61.0 Å². The first kappa shape index (κ1) is 41.3. The van der Waals surface area contributed by atoms with Gasteiger partial charge in [-0.05, 0) is 48.4 Å². The number of aromatic nitrogens is 3. The number of carbonyl (C=O) groups excluding carboxylic acids is 3. The smallest absolute Gasteiger partial charge is 0.416 e. The molecular formula is C37H42ClF3N10O5. The molecule has 1 saturated heterocycles. The fraction of sp³-hybridized carbons (Fsp3) is 0.351. The molecule has 19 heteroatoms. The Morgan fingerprint density at radius 3 is 2.41 bits per heavy atom. The van der Waals surface area contributed by atoms with Crippen LogP contribution < -0.4 is 20.2 Å². The standard InChI is InChI=1S/C35H36ClF3N10O5.C2H6/c1-4-24(45-46(3)17-21-5-8-27-28(15-21)54-20-53-27)32(47-11-13-48(14-12-47)33(51)31-30-26(9-10-41-31)42-19-43-30)34(52)49(40-2)18-29(50)44-25-7-6-22(16-23(25)36)35(37,38)39;1-2/h5-10,15-16,19,45H,2,4,11-14,17-18,20H2,1,3H3,(H,42,43)(H,44,50);1-2H3/b32-24+;. The molecule has 0 unspecified atom stereocenters. The number of pyridine rings is 1. The predicted octanol–water partition coefficient (Wildman–Crippen LogP) is 5.48. The highest BCUT2D eigenvalue weighted by Crippen LogP contribution is 2.34. The van der Waals surface area contributed by atoms with E-state index in [1.54, 1.807) is 27.9 Å². The van der Waals surface area contributed by atoms with Gasteiger partial charge >= 0.3 is 6.18 Å². The molecule has 0 aliphatic carbocycles. The maximum Gasteiger partial charge on any atom is 0.416 e. The number of imidazole rings is 1. The Morgan fingerprint density at radius 1 is 1.02 bits per heavy atom. The van der Waals surface area contributed by atoms with Crippen LogP contribution in [0.15, 0.2) is 71.5 Å². The molecule has 298 valence electrons. The molecule has 56 heavy (non-hydrogen) atoms. The number of halogens is 4. The molecule has 0 saturated carbocycles. The van der Waals surface area contributed by atoms with E-state index in [9.17, 15) is 27.6 Å². The quantitative estimate of drug-likeness (QED) is 0.0951. The lowest BCUT2D eigenvalue weighted by Gasteiger charge is -2.38. The number of benzene rings is 2. The maximum absolute atomic E-state index is 14.4. The minimum atomic E-state index is -4.63. The molecule has 4 aromatic rings. The average molecular weight is 799 g/mol. The summed E-state index contributed by atoms with van der Waals surface area (Å²) in [7, 11) is 1.80. The number of alkyl halides is 3. The van der Waals surface area contributed by atoms with Gasteiger partial charge in [-0.25, -0.2) is 20.0 Å². The lowest BCUT2D eigenvalue weighted by Crippen LogP contribution is -2.52. The van der Waals surface area contributed by atoms with Gasteiger partial charge in [0.05, 0.1) is 33.8 Å². The second kappa shape index (κ2) is 18.2. The molecule has 1 fully saturated rings. The van der Waals surface area contributed by atoms with Gasteiger partial charge < -0.3 is 35.0 Å². The summed E-state index contributed by atoms with van der Waals surface area (Å²) in [6.45, 7) is 10.2. The van der Waals surface area contributed by atoms with Gasteiger partial charge in [0.15, 0.2) is 17.2 Å². The van der Waals surface area contributed by atoms with Crippen molar-refractivity contribution in [2.24, 2.45) is 5.10 Å². The Hall–Kier alpha value is -5.88. The highest BCUT2D eigenvalue weighted by atomic mass is 35.5. The zero-order chi connectivity index (χ0) is 40.6. The number of nitrogens with zero attached hydrogens (tertiary/aromatic N) is 7. The predicted molar refractivity (Wildman–Crippen MR) is 204 cm³/mol. The number of fused-ring (bicyclic) bond motifs is 2. The summed E-state index contributed by atoms with van der Waals surface area (Å²) in [6, 6.07) is 9.80. The van der Waals surface area contributed by atoms with Crippen LogP contribution in [0.5, 0.6) is 11.5 Å². The van der Waals surface area contributed by atoms with Crippen molar-refractivity contribution in [1.82, 2.24) is 40.2 Å². The van der Waals surface area contributed by atoms with Crippen molar-refractivity contribution in [2.75, 3.05) is 51.9 Å². The van der Waals surface area contributed by atoms with Gasteiger partial charge in [0.25, 0.3) is 11.8 Å². The van der Waals surface area contributed by atoms with Gasteiger partial charge in [0, 0.05) is 52.7 Å². The number of nitrogens with one attached hydrogen (secondary N) is 3. The molecule has 2 aromatic heterocycles. The number of H-pyrrole nitrogens is 1. The van der Waals surface area contributed by atoms with Crippen LogP contribution in [-0.2, 0) is 22.3 Å². The first-order valence-electron chi connectivity index (χ1n) is 17.7. The van der Waals surface area contributed by atoms with Crippen LogP contribution >= 0.6 is 11.6 Å². The van der Waals surface area contributed by atoms with E-state index in [1.165, 1.54) is 12.5 Å². The second-order valence-electron chi connectivity index (χ2n) is 12.3. The topological polar surface area (TPSA) is 161 Å². The Morgan fingerprint density at radius 2 is 1.73 bits per heavy atom. The molecule has 0 spiro atoms. The van der Waals surface area contributed by atoms with Gasteiger partial charge in [-0.2, -0.15) is 18.3 Å². The summed E-state index contributed by atoms with van der Waals surface area (Å²) in [5.41, 5.74) is 5.16. The van der Waals surface area contributed by atoms with Gasteiger partial charge in [0.1, 0.15) is 17.8 Å². The summed E-state index contributed by atoms with van der Waals surface area (Å²) < 4.78 is 50.4. The van der Waals surface area contributed by atoms with E-state index >= 15 is 0 Å². The monoisotopic (exact) mass is 798 g/mol. The molecule has 0 atom stereocenters. The first-order chi connectivity index (χ1) is 26.9. The minimum Gasteiger partial charge on any atom is -0.454 e. The molecule has 0 bridgehead atoms. The van der Waals surface area contributed by atoms with Crippen molar-refractivity contribution < 1.29 is 37.0 Å². The number of hydrogen-bond acceptors (Lipinski definition) is 11. The van der Waals surface area contributed by atoms with Crippen molar-refractivity contribution in [2.45, 2.75) is 39.9 Å².